The number of benzene rings is 1. The molecule has 3 heteroatoms. The van der Waals surface area contributed by atoms with Gasteiger partial charge in [0.2, 0.25) is 0 Å². The lowest BCUT2D eigenvalue weighted by Gasteiger charge is -2.28. The van der Waals surface area contributed by atoms with Crippen LogP contribution in [0.1, 0.15) is 49.4 Å². The van der Waals surface area contributed by atoms with Crippen LogP contribution in [0.25, 0.3) is 10.9 Å². The van der Waals surface area contributed by atoms with Crippen LogP contribution in [0.4, 0.5) is 0 Å². The van der Waals surface area contributed by atoms with Crippen LogP contribution in [0.3, 0.4) is 0 Å². The fourth-order valence-corrected chi connectivity index (χ4v) is 3.26. The van der Waals surface area contributed by atoms with Crippen molar-refractivity contribution in [2.24, 2.45) is 5.92 Å². The number of H-pyrrole nitrogens is 1. The summed E-state index contributed by atoms with van der Waals surface area (Å²) in [5.41, 5.74) is 1.80. The Bertz CT molecular complexity index is 594. The summed E-state index contributed by atoms with van der Waals surface area (Å²) in [6.45, 7) is 2.26. The smallest absolute Gasteiger partial charge is 0.252 e. The average molecular weight is 270 g/mol. The van der Waals surface area contributed by atoms with Gasteiger partial charge < -0.3 is 10.3 Å². The zero-order valence-corrected chi connectivity index (χ0v) is 12.0. The van der Waals surface area contributed by atoms with E-state index in [0.29, 0.717) is 6.04 Å². The predicted molar refractivity (Wildman–Crippen MR) is 81.8 cm³/mol. The molecule has 0 saturated heterocycles. The summed E-state index contributed by atoms with van der Waals surface area (Å²) in [6.07, 6.45) is 7.88. The second-order valence-corrected chi connectivity index (χ2v) is 5.84. The van der Waals surface area contributed by atoms with E-state index >= 15 is 0 Å². The van der Waals surface area contributed by atoms with Gasteiger partial charge in [0.15, 0.2) is 0 Å². The first kappa shape index (κ1) is 13.2. The second kappa shape index (κ2) is 5.70. The van der Waals surface area contributed by atoms with Gasteiger partial charge in [-0.05, 0) is 49.8 Å². The normalized spacial score (nSPS) is 22.9. The maximum absolute atomic E-state index is 12.5. The van der Waals surface area contributed by atoms with E-state index in [0.717, 1.165) is 35.2 Å². The third kappa shape index (κ3) is 2.58. The molecule has 106 valence electrons. The van der Waals surface area contributed by atoms with Gasteiger partial charge >= 0.3 is 0 Å². The molecule has 0 radical (unpaired) electrons. The van der Waals surface area contributed by atoms with Crippen molar-refractivity contribution in [1.82, 2.24) is 10.3 Å². The summed E-state index contributed by atoms with van der Waals surface area (Å²) in [5.74, 6) is 0.923. The van der Waals surface area contributed by atoms with Crippen molar-refractivity contribution in [2.45, 2.75) is 45.1 Å². The average Bonchev–Trinajstić information content (AvgIpc) is 2.96. The van der Waals surface area contributed by atoms with Gasteiger partial charge in [0.05, 0.1) is 0 Å². The second-order valence-electron chi connectivity index (χ2n) is 5.84. The largest absolute Gasteiger partial charge is 0.361 e. The Kier molecular flexibility index (Phi) is 3.77. The van der Waals surface area contributed by atoms with E-state index in [2.05, 4.69) is 17.2 Å². The maximum Gasteiger partial charge on any atom is 0.252 e. The molecule has 20 heavy (non-hydrogen) atoms. The fourth-order valence-electron chi connectivity index (χ4n) is 3.26. The van der Waals surface area contributed by atoms with E-state index in [1.165, 1.54) is 19.3 Å². The molecule has 1 aromatic carbocycles. The molecule has 1 aliphatic carbocycles. The minimum Gasteiger partial charge on any atom is -0.361 e. The SMILES string of the molecule is CCC1CCC(NC(=O)c2cccc3[nH]ccc23)CC1. The molecule has 2 N–H and O–H groups in total. The van der Waals surface area contributed by atoms with Gasteiger partial charge in [0.25, 0.3) is 5.91 Å². The maximum atomic E-state index is 12.5. The lowest BCUT2D eigenvalue weighted by atomic mass is 9.84. The lowest BCUT2D eigenvalue weighted by Crippen LogP contribution is -2.37. The van der Waals surface area contributed by atoms with E-state index in [-0.39, 0.29) is 5.91 Å². The third-order valence-electron chi connectivity index (χ3n) is 4.60. The van der Waals surface area contributed by atoms with E-state index in [9.17, 15) is 4.79 Å². The van der Waals surface area contributed by atoms with Crippen molar-refractivity contribution < 1.29 is 4.79 Å². The fraction of sp³-hybridized carbons (Fsp3) is 0.471. The molecule has 1 aromatic heterocycles. The first-order valence-corrected chi connectivity index (χ1v) is 7.65. The van der Waals surface area contributed by atoms with Crippen LogP contribution in [0.5, 0.6) is 0 Å². The molecular formula is C17H22N2O. The molecule has 2 aromatic rings. The minimum absolute atomic E-state index is 0.0650. The van der Waals surface area contributed by atoms with Crippen molar-refractivity contribution in [3.63, 3.8) is 0 Å². The Morgan fingerprint density at radius 1 is 1.25 bits per heavy atom. The molecule has 0 unspecified atom stereocenters. The number of hydrogen-bond acceptors (Lipinski definition) is 1. The van der Waals surface area contributed by atoms with Crippen molar-refractivity contribution in [2.75, 3.05) is 0 Å². The van der Waals surface area contributed by atoms with Gasteiger partial charge in [-0.25, -0.2) is 0 Å². The van der Waals surface area contributed by atoms with Gasteiger partial charge in [-0.15, -0.1) is 0 Å². The van der Waals surface area contributed by atoms with Crippen molar-refractivity contribution >= 4 is 16.8 Å². The highest BCUT2D eigenvalue weighted by Gasteiger charge is 2.22. The summed E-state index contributed by atoms with van der Waals surface area (Å²) < 4.78 is 0. The van der Waals surface area contributed by atoms with Crippen LogP contribution in [0, 0.1) is 5.92 Å². The Balaban J connectivity index is 1.69. The summed E-state index contributed by atoms with van der Waals surface area (Å²) in [7, 11) is 0. The summed E-state index contributed by atoms with van der Waals surface area (Å²) in [5, 5.41) is 4.22. The lowest BCUT2D eigenvalue weighted by molar-refractivity contribution is 0.0923. The number of carbonyl (C=O) groups is 1. The van der Waals surface area contributed by atoms with Crippen LogP contribution < -0.4 is 5.32 Å². The molecule has 1 saturated carbocycles. The molecule has 1 heterocycles. The number of rotatable bonds is 3. The quantitative estimate of drug-likeness (QED) is 0.873. The molecule has 1 amide bonds. The molecule has 1 fully saturated rings. The molecule has 3 rings (SSSR count). The minimum atomic E-state index is 0.0650. The highest BCUT2D eigenvalue weighted by atomic mass is 16.1. The van der Waals surface area contributed by atoms with Crippen molar-refractivity contribution in [3.8, 4) is 0 Å². The van der Waals surface area contributed by atoms with Gasteiger partial charge in [0, 0.05) is 28.7 Å². The van der Waals surface area contributed by atoms with E-state index in [1.54, 1.807) is 0 Å². The summed E-state index contributed by atoms with van der Waals surface area (Å²) in [6, 6.07) is 8.15. The van der Waals surface area contributed by atoms with E-state index in [4.69, 9.17) is 0 Å². The third-order valence-corrected chi connectivity index (χ3v) is 4.60. The number of carbonyl (C=O) groups excluding carboxylic acids is 1. The number of nitrogens with one attached hydrogen (secondary N) is 2. The van der Waals surface area contributed by atoms with Crippen molar-refractivity contribution in [1.29, 1.82) is 0 Å². The molecule has 3 nitrogen and oxygen atoms in total. The summed E-state index contributed by atoms with van der Waals surface area (Å²) >= 11 is 0. The Morgan fingerprint density at radius 2 is 2.05 bits per heavy atom. The molecule has 0 atom stereocenters. The first-order chi connectivity index (χ1) is 9.78. The van der Waals surface area contributed by atoms with Gasteiger partial charge in [-0.1, -0.05) is 19.4 Å². The van der Waals surface area contributed by atoms with Gasteiger partial charge in [-0.2, -0.15) is 0 Å². The monoisotopic (exact) mass is 270 g/mol. The van der Waals surface area contributed by atoms with Gasteiger partial charge in [-0.3, -0.25) is 4.79 Å². The van der Waals surface area contributed by atoms with E-state index in [1.807, 2.05) is 30.5 Å². The number of aromatic nitrogens is 1. The van der Waals surface area contributed by atoms with Crippen LogP contribution >= 0.6 is 0 Å². The van der Waals surface area contributed by atoms with Crippen molar-refractivity contribution in [3.05, 3.63) is 36.0 Å². The first-order valence-electron chi connectivity index (χ1n) is 7.65. The zero-order valence-electron chi connectivity index (χ0n) is 12.0. The topological polar surface area (TPSA) is 44.9 Å². The number of hydrogen-bond donors (Lipinski definition) is 2. The Labute approximate surface area is 119 Å². The zero-order chi connectivity index (χ0) is 13.9. The molecule has 1 aliphatic rings. The van der Waals surface area contributed by atoms with Crippen LogP contribution in [-0.2, 0) is 0 Å². The summed E-state index contributed by atoms with van der Waals surface area (Å²) in [4.78, 5) is 15.6. The van der Waals surface area contributed by atoms with E-state index < -0.39 is 0 Å². The van der Waals surface area contributed by atoms with Crippen LogP contribution in [0.15, 0.2) is 30.5 Å². The number of fused-ring (bicyclic) bond motifs is 1. The molecular weight excluding hydrogens is 248 g/mol. The Morgan fingerprint density at radius 3 is 2.80 bits per heavy atom. The Hall–Kier alpha value is -1.77. The molecule has 0 bridgehead atoms. The van der Waals surface area contributed by atoms with Crippen LogP contribution in [-0.4, -0.2) is 16.9 Å². The number of amides is 1. The molecule has 0 aliphatic heterocycles. The highest BCUT2D eigenvalue weighted by molar-refractivity contribution is 6.06. The van der Waals surface area contributed by atoms with Gasteiger partial charge in [0.1, 0.15) is 0 Å². The van der Waals surface area contributed by atoms with Crippen LogP contribution in [0.2, 0.25) is 0 Å². The molecule has 0 spiro atoms. The predicted octanol–water partition coefficient (Wildman–Crippen LogP) is 3.87. The highest BCUT2D eigenvalue weighted by Crippen LogP contribution is 2.27. The standard InChI is InChI=1S/C17H22N2O/c1-2-12-6-8-13(9-7-12)19-17(20)15-4-3-5-16-14(15)10-11-18-16/h3-5,10-13,18H,2,6-9H2,1H3,(H,19,20). The number of aromatic amines is 1.